The van der Waals surface area contributed by atoms with Gasteiger partial charge in [0, 0.05) is 4.88 Å². The summed E-state index contributed by atoms with van der Waals surface area (Å²) < 4.78 is 0. The highest BCUT2D eigenvalue weighted by molar-refractivity contribution is 7.10. The zero-order valence-electron chi connectivity index (χ0n) is 11.0. The summed E-state index contributed by atoms with van der Waals surface area (Å²) in [5.74, 6) is 2.29. The number of carbonyl (C=O) groups is 1. The monoisotopic (exact) mass is 284 g/mol. The minimum atomic E-state index is -0.0968. The molecule has 2 rings (SSSR count). The van der Waals surface area contributed by atoms with Crippen molar-refractivity contribution in [2.45, 2.75) is 6.04 Å². The predicted octanol–water partition coefficient (Wildman–Crippen LogP) is 2.18. The molecule has 3 nitrogen and oxygen atoms in total. The van der Waals surface area contributed by atoms with Crippen LogP contribution in [0.5, 0.6) is 0 Å². The van der Waals surface area contributed by atoms with Crippen LogP contribution in [0.3, 0.4) is 0 Å². The Hall–Kier alpha value is -2.09. The number of hydrogen-bond acceptors (Lipinski definition) is 3. The van der Waals surface area contributed by atoms with Crippen LogP contribution in [-0.2, 0) is 4.79 Å². The molecule has 1 aromatic carbocycles. The molecule has 2 N–H and O–H groups in total. The standard InChI is InChI=1S/C16H16N2OS/c1-2-10-17-15(19)12-18-16(14-9-6-11-20-14)13-7-4-3-5-8-13/h1,3-9,11,16,18H,10,12H2,(H,17,19)/t16-/m0/s1. The Kier molecular flexibility index (Phi) is 5.36. The van der Waals surface area contributed by atoms with Gasteiger partial charge in [-0.1, -0.05) is 42.3 Å². The molecule has 0 aliphatic heterocycles. The first-order valence-electron chi connectivity index (χ1n) is 6.33. The molecule has 1 heterocycles. The van der Waals surface area contributed by atoms with Crippen molar-refractivity contribution in [2.75, 3.05) is 13.1 Å². The molecule has 0 aliphatic rings. The highest BCUT2D eigenvalue weighted by Gasteiger charge is 2.15. The maximum absolute atomic E-state index is 11.6. The fraction of sp³-hybridized carbons (Fsp3) is 0.188. The molecule has 0 unspecified atom stereocenters. The van der Waals surface area contributed by atoms with Gasteiger partial charge in [0.15, 0.2) is 0 Å². The maximum atomic E-state index is 11.6. The molecule has 1 atom stereocenters. The van der Waals surface area contributed by atoms with E-state index in [0.717, 1.165) is 5.56 Å². The lowest BCUT2D eigenvalue weighted by Gasteiger charge is -2.17. The molecule has 0 radical (unpaired) electrons. The number of nitrogens with one attached hydrogen (secondary N) is 2. The highest BCUT2D eigenvalue weighted by Crippen LogP contribution is 2.25. The molecule has 0 fully saturated rings. The van der Waals surface area contributed by atoms with Gasteiger partial charge in [-0.2, -0.15) is 0 Å². The molecule has 4 heteroatoms. The van der Waals surface area contributed by atoms with Gasteiger partial charge in [-0.3, -0.25) is 10.1 Å². The smallest absolute Gasteiger partial charge is 0.234 e. The number of hydrogen-bond donors (Lipinski definition) is 2. The third kappa shape index (κ3) is 3.95. The Labute approximate surface area is 123 Å². The largest absolute Gasteiger partial charge is 0.344 e. The molecular weight excluding hydrogens is 268 g/mol. The summed E-state index contributed by atoms with van der Waals surface area (Å²) in [7, 11) is 0. The third-order valence-electron chi connectivity index (χ3n) is 2.81. The summed E-state index contributed by atoms with van der Waals surface area (Å²) in [5, 5.41) is 7.96. The van der Waals surface area contributed by atoms with Crippen molar-refractivity contribution in [3.8, 4) is 12.3 Å². The van der Waals surface area contributed by atoms with Crippen LogP contribution in [0.2, 0.25) is 0 Å². The lowest BCUT2D eigenvalue weighted by Crippen LogP contribution is -2.36. The molecule has 0 spiro atoms. The van der Waals surface area contributed by atoms with Gasteiger partial charge in [0.25, 0.3) is 0 Å². The van der Waals surface area contributed by atoms with Crippen molar-refractivity contribution in [2.24, 2.45) is 0 Å². The number of thiophene rings is 1. The number of terminal acetylenes is 1. The summed E-state index contributed by atoms with van der Waals surface area (Å²) >= 11 is 1.67. The minimum Gasteiger partial charge on any atom is -0.344 e. The second-order valence-electron chi connectivity index (χ2n) is 4.22. The van der Waals surface area contributed by atoms with Crippen LogP contribution in [0.1, 0.15) is 16.5 Å². The van der Waals surface area contributed by atoms with Gasteiger partial charge in [0.2, 0.25) is 5.91 Å². The summed E-state index contributed by atoms with van der Waals surface area (Å²) in [4.78, 5) is 12.8. The van der Waals surface area contributed by atoms with E-state index in [-0.39, 0.29) is 25.0 Å². The number of carbonyl (C=O) groups excluding carboxylic acids is 1. The first-order chi connectivity index (χ1) is 9.81. The third-order valence-corrected chi connectivity index (χ3v) is 3.75. The van der Waals surface area contributed by atoms with Crippen molar-refractivity contribution in [1.29, 1.82) is 0 Å². The van der Waals surface area contributed by atoms with Gasteiger partial charge in [0.05, 0.1) is 19.1 Å². The fourth-order valence-corrected chi connectivity index (χ4v) is 2.72. The van der Waals surface area contributed by atoms with Crippen LogP contribution in [-0.4, -0.2) is 19.0 Å². The van der Waals surface area contributed by atoms with Crippen molar-refractivity contribution in [3.05, 3.63) is 58.3 Å². The van der Waals surface area contributed by atoms with Gasteiger partial charge in [-0.15, -0.1) is 17.8 Å². The molecular formula is C16H16N2OS. The highest BCUT2D eigenvalue weighted by atomic mass is 32.1. The maximum Gasteiger partial charge on any atom is 0.234 e. The first-order valence-corrected chi connectivity index (χ1v) is 7.21. The van der Waals surface area contributed by atoms with Crippen LogP contribution in [0, 0.1) is 12.3 Å². The Morgan fingerprint density at radius 2 is 2.05 bits per heavy atom. The van der Waals surface area contributed by atoms with E-state index in [1.54, 1.807) is 11.3 Å². The van der Waals surface area contributed by atoms with Gasteiger partial charge in [-0.05, 0) is 17.0 Å². The summed E-state index contributed by atoms with van der Waals surface area (Å²) in [6, 6.07) is 14.2. The first kappa shape index (κ1) is 14.3. The van der Waals surface area contributed by atoms with Crippen molar-refractivity contribution in [3.63, 3.8) is 0 Å². The zero-order valence-corrected chi connectivity index (χ0v) is 11.8. The molecule has 20 heavy (non-hydrogen) atoms. The van der Waals surface area contributed by atoms with Crippen molar-refractivity contribution < 1.29 is 4.79 Å². The Bertz CT molecular complexity index is 572. The van der Waals surface area contributed by atoms with E-state index in [4.69, 9.17) is 6.42 Å². The average Bonchev–Trinajstić information content (AvgIpc) is 3.00. The quantitative estimate of drug-likeness (QED) is 0.798. The van der Waals surface area contributed by atoms with E-state index in [1.807, 2.05) is 29.6 Å². The predicted molar refractivity (Wildman–Crippen MR) is 82.4 cm³/mol. The second kappa shape index (κ2) is 7.49. The second-order valence-corrected chi connectivity index (χ2v) is 5.20. The molecule has 0 bridgehead atoms. The van der Waals surface area contributed by atoms with E-state index >= 15 is 0 Å². The molecule has 0 saturated carbocycles. The number of amides is 1. The summed E-state index contributed by atoms with van der Waals surface area (Å²) in [6.45, 7) is 0.495. The average molecular weight is 284 g/mol. The lowest BCUT2D eigenvalue weighted by atomic mass is 10.1. The summed E-state index contributed by atoms with van der Waals surface area (Å²) in [6.07, 6.45) is 5.12. The lowest BCUT2D eigenvalue weighted by molar-refractivity contribution is -0.120. The van der Waals surface area contributed by atoms with E-state index in [0.29, 0.717) is 0 Å². The fourth-order valence-electron chi connectivity index (χ4n) is 1.89. The van der Waals surface area contributed by atoms with E-state index in [1.165, 1.54) is 4.88 Å². The van der Waals surface area contributed by atoms with Gasteiger partial charge >= 0.3 is 0 Å². The van der Waals surface area contributed by atoms with Gasteiger partial charge in [0.1, 0.15) is 0 Å². The minimum absolute atomic E-state index is 0.0211. The molecule has 1 amide bonds. The van der Waals surface area contributed by atoms with Gasteiger partial charge in [-0.25, -0.2) is 0 Å². The van der Waals surface area contributed by atoms with Crippen LogP contribution >= 0.6 is 11.3 Å². The molecule has 1 aromatic heterocycles. The SMILES string of the molecule is C#CCNC(=O)CN[C@@H](c1ccccc1)c1cccs1. The van der Waals surface area contributed by atoms with E-state index in [2.05, 4.69) is 34.8 Å². The Morgan fingerprint density at radius 1 is 1.25 bits per heavy atom. The molecule has 0 aliphatic carbocycles. The van der Waals surface area contributed by atoms with E-state index in [9.17, 15) is 4.79 Å². The number of benzene rings is 1. The van der Waals surface area contributed by atoms with Crippen LogP contribution in [0.25, 0.3) is 0 Å². The van der Waals surface area contributed by atoms with Gasteiger partial charge < -0.3 is 5.32 Å². The molecule has 0 saturated heterocycles. The van der Waals surface area contributed by atoms with Crippen LogP contribution < -0.4 is 10.6 Å². The molecule has 102 valence electrons. The Morgan fingerprint density at radius 3 is 2.70 bits per heavy atom. The normalized spacial score (nSPS) is 11.6. The zero-order chi connectivity index (χ0) is 14.2. The van der Waals surface area contributed by atoms with E-state index < -0.39 is 0 Å². The topological polar surface area (TPSA) is 41.1 Å². The van der Waals surface area contributed by atoms with Crippen molar-refractivity contribution >= 4 is 17.2 Å². The Balaban J connectivity index is 2.05. The van der Waals surface area contributed by atoms with Crippen LogP contribution in [0.15, 0.2) is 47.8 Å². The van der Waals surface area contributed by atoms with Crippen molar-refractivity contribution in [1.82, 2.24) is 10.6 Å². The number of rotatable bonds is 6. The molecule has 2 aromatic rings. The summed E-state index contributed by atoms with van der Waals surface area (Å²) in [5.41, 5.74) is 1.14. The van der Waals surface area contributed by atoms with Crippen LogP contribution in [0.4, 0.5) is 0 Å².